The quantitative estimate of drug-likeness (QED) is 0.507. The lowest BCUT2D eigenvalue weighted by atomic mass is 10.1. The van der Waals surface area contributed by atoms with Gasteiger partial charge in [-0.1, -0.05) is 0 Å². The Bertz CT molecular complexity index is 1200. The number of nitriles is 1. The van der Waals surface area contributed by atoms with Crippen molar-refractivity contribution in [2.75, 3.05) is 6.54 Å². The van der Waals surface area contributed by atoms with E-state index >= 15 is 0 Å². The second-order valence-corrected chi connectivity index (χ2v) is 7.25. The zero-order valence-electron chi connectivity index (χ0n) is 16.1. The van der Waals surface area contributed by atoms with Crippen LogP contribution in [-0.2, 0) is 6.42 Å². The Balaban J connectivity index is 1.73. The van der Waals surface area contributed by atoms with E-state index in [4.69, 9.17) is 10.5 Å². The highest BCUT2D eigenvalue weighted by Crippen LogP contribution is 2.33. The fraction of sp³-hybridized carbons (Fsp3) is 0.143. The predicted molar refractivity (Wildman–Crippen MR) is 113 cm³/mol. The molecule has 0 radical (unpaired) electrons. The van der Waals surface area contributed by atoms with Gasteiger partial charge in [0.25, 0.3) is 0 Å². The average molecular weight is 415 g/mol. The maximum absolute atomic E-state index is 9.32. The van der Waals surface area contributed by atoms with Crippen molar-refractivity contribution in [3.63, 3.8) is 0 Å². The number of thiazole rings is 1. The van der Waals surface area contributed by atoms with Gasteiger partial charge in [-0.2, -0.15) is 10.2 Å². The first-order chi connectivity index (χ1) is 14.7. The minimum atomic E-state index is 0.351. The van der Waals surface area contributed by atoms with E-state index in [1.807, 2.05) is 5.38 Å². The van der Waals surface area contributed by atoms with Gasteiger partial charge in [-0.15, -0.1) is 11.3 Å². The summed E-state index contributed by atoms with van der Waals surface area (Å²) in [5.41, 5.74) is 8.33. The van der Waals surface area contributed by atoms with Crippen LogP contribution in [0.2, 0.25) is 0 Å². The molecule has 0 saturated heterocycles. The average Bonchev–Trinajstić information content (AvgIpc) is 3.29. The maximum Gasteiger partial charge on any atom is 0.223 e. The Morgan fingerprint density at radius 3 is 2.67 bits per heavy atom. The fourth-order valence-electron chi connectivity index (χ4n) is 2.82. The number of aromatic nitrogens is 5. The van der Waals surface area contributed by atoms with Crippen LogP contribution >= 0.6 is 11.3 Å². The van der Waals surface area contributed by atoms with E-state index in [1.165, 1.54) is 11.3 Å². The van der Waals surface area contributed by atoms with Crippen molar-refractivity contribution in [1.29, 1.82) is 5.26 Å². The van der Waals surface area contributed by atoms with Crippen LogP contribution in [0.4, 0.5) is 0 Å². The van der Waals surface area contributed by atoms with Crippen LogP contribution < -0.4 is 10.5 Å². The van der Waals surface area contributed by atoms with Gasteiger partial charge in [0.15, 0.2) is 5.82 Å². The van der Waals surface area contributed by atoms with Crippen LogP contribution in [0.15, 0.2) is 48.2 Å². The van der Waals surface area contributed by atoms with Crippen LogP contribution in [0.5, 0.6) is 11.6 Å². The van der Waals surface area contributed by atoms with Gasteiger partial charge in [-0.3, -0.25) is 0 Å². The summed E-state index contributed by atoms with van der Waals surface area (Å²) in [5, 5.41) is 12.0. The molecule has 0 fully saturated rings. The Kier molecular flexibility index (Phi) is 5.70. The Hall–Kier alpha value is -3.74. The van der Waals surface area contributed by atoms with E-state index in [9.17, 15) is 5.26 Å². The van der Waals surface area contributed by atoms with Gasteiger partial charge in [-0.25, -0.2) is 19.9 Å². The number of hydrogen-bond donors (Lipinski definition) is 1. The molecule has 0 aliphatic carbocycles. The standard InChI is InChI=1S/C21H17N7OS/c1-13-27-17(21-24-6-7-30-21)9-19(28-13)29-18-8-14(10-23)2-3-16(18)20-25-11-15(4-5-22)12-26-20/h2-3,6-9,11-12H,4-5,22H2,1H3. The summed E-state index contributed by atoms with van der Waals surface area (Å²) < 4.78 is 6.08. The number of rotatable bonds is 6. The van der Waals surface area contributed by atoms with Crippen molar-refractivity contribution in [2.24, 2.45) is 5.73 Å². The highest BCUT2D eigenvalue weighted by Gasteiger charge is 2.14. The molecule has 3 aromatic heterocycles. The van der Waals surface area contributed by atoms with Crippen LogP contribution in [-0.4, -0.2) is 31.5 Å². The van der Waals surface area contributed by atoms with E-state index in [0.29, 0.717) is 53.1 Å². The molecule has 1 aromatic carbocycles. The molecule has 4 aromatic rings. The van der Waals surface area contributed by atoms with Crippen LogP contribution in [0.3, 0.4) is 0 Å². The number of hydrogen-bond acceptors (Lipinski definition) is 9. The summed E-state index contributed by atoms with van der Waals surface area (Å²) in [6, 6.07) is 8.96. The second kappa shape index (κ2) is 8.73. The van der Waals surface area contributed by atoms with E-state index in [2.05, 4.69) is 31.0 Å². The summed E-state index contributed by atoms with van der Waals surface area (Å²) in [4.78, 5) is 22.0. The molecule has 0 saturated carbocycles. The number of nitrogens with two attached hydrogens (primary N) is 1. The monoisotopic (exact) mass is 415 g/mol. The lowest BCUT2D eigenvalue weighted by Gasteiger charge is -2.11. The summed E-state index contributed by atoms with van der Waals surface area (Å²) >= 11 is 1.48. The molecular weight excluding hydrogens is 398 g/mol. The lowest BCUT2D eigenvalue weighted by Crippen LogP contribution is -2.04. The van der Waals surface area contributed by atoms with E-state index in [1.54, 1.807) is 49.8 Å². The molecule has 0 aliphatic heterocycles. The molecule has 3 heterocycles. The largest absolute Gasteiger partial charge is 0.438 e. The summed E-state index contributed by atoms with van der Waals surface area (Å²) in [6.45, 7) is 2.32. The van der Waals surface area contributed by atoms with Gasteiger partial charge in [-0.05, 0) is 43.7 Å². The fourth-order valence-corrected chi connectivity index (χ4v) is 3.41. The number of benzene rings is 1. The first kappa shape index (κ1) is 19.6. The molecule has 0 spiro atoms. The molecule has 148 valence electrons. The van der Waals surface area contributed by atoms with Gasteiger partial charge in [0, 0.05) is 30.0 Å². The molecule has 30 heavy (non-hydrogen) atoms. The van der Waals surface area contributed by atoms with Gasteiger partial charge < -0.3 is 10.5 Å². The normalized spacial score (nSPS) is 10.6. The van der Waals surface area contributed by atoms with Crippen molar-refractivity contribution < 1.29 is 4.74 Å². The van der Waals surface area contributed by atoms with Crippen molar-refractivity contribution in [2.45, 2.75) is 13.3 Å². The lowest BCUT2D eigenvalue weighted by molar-refractivity contribution is 0.461. The third-order valence-electron chi connectivity index (χ3n) is 4.17. The van der Waals surface area contributed by atoms with E-state index in [0.717, 1.165) is 10.6 Å². The minimum Gasteiger partial charge on any atom is -0.438 e. The van der Waals surface area contributed by atoms with Crippen molar-refractivity contribution in [1.82, 2.24) is 24.9 Å². The van der Waals surface area contributed by atoms with E-state index < -0.39 is 0 Å². The van der Waals surface area contributed by atoms with Gasteiger partial charge >= 0.3 is 0 Å². The molecule has 2 N–H and O–H groups in total. The number of ether oxygens (including phenoxy) is 1. The summed E-state index contributed by atoms with van der Waals surface area (Å²) in [5.74, 6) is 1.83. The molecule has 0 unspecified atom stereocenters. The second-order valence-electron chi connectivity index (χ2n) is 6.35. The maximum atomic E-state index is 9.32. The van der Waals surface area contributed by atoms with Crippen LogP contribution in [0.1, 0.15) is 17.0 Å². The topological polar surface area (TPSA) is 123 Å². The Labute approximate surface area is 177 Å². The van der Waals surface area contributed by atoms with Crippen molar-refractivity contribution in [3.05, 3.63) is 65.2 Å². The van der Waals surface area contributed by atoms with E-state index in [-0.39, 0.29) is 0 Å². The highest BCUT2D eigenvalue weighted by atomic mass is 32.1. The first-order valence-corrected chi connectivity index (χ1v) is 10.0. The minimum absolute atomic E-state index is 0.351. The van der Waals surface area contributed by atoms with Crippen molar-refractivity contribution in [3.8, 4) is 39.8 Å². The molecule has 9 heteroatoms. The molecule has 0 aliphatic rings. The molecule has 8 nitrogen and oxygen atoms in total. The Morgan fingerprint density at radius 2 is 1.97 bits per heavy atom. The Morgan fingerprint density at radius 1 is 1.13 bits per heavy atom. The summed E-state index contributed by atoms with van der Waals surface area (Å²) in [7, 11) is 0. The third kappa shape index (κ3) is 4.30. The SMILES string of the molecule is Cc1nc(Oc2cc(C#N)ccc2-c2ncc(CCN)cn2)cc(-c2nccs2)n1. The van der Waals surface area contributed by atoms with Crippen molar-refractivity contribution >= 4 is 11.3 Å². The molecule has 0 bridgehead atoms. The van der Waals surface area contributed by atoms with Crippen LogP contribution in [0, 0.1) is 18.3 Å². The molecule has 0 atom stereocenters. The van der Waals surface area contributed by atoms with Gasteiger partial charge in [0.1, 0.15) is 22.3 Å². The molecular formula is C21H17N7OS. The predicted octanol–water partition coefficient (Wildman–Crippen LogP) is 3.53. The van der Waals surface area contributed by atoms with Gasteiger partial charge in [0.2, 0.25) is 5.88 Å². The zero-order chi connectivity index (χ0) is 20.9. The molecule has 0 amide bonds. The first-order valence-electron chi connectivity index (χ1n) is 9.15. The third-order valence-corrected chi connectivity index (χ3v) is 4.97. The zero-order valence-corrected chi connectivity index (χ0v) is 16.9. The van der Waals surface area contributed by atoms with Gasteiger partial charge in [0.05, 0.1) is 17.2 Å². The number of aryl methyl sites for hydroxylation is 1. The summed E-state index contributed by atoms with van der Waals surface area (Å²) in [6.07, 6.45) is 5.91. The highest BCUT2D eigenvalue weighted by molar-refractivity contribution is 7.13. The molecule has 4 rings (SSSR count). The van der Waals surface area contributed by atoms with Crippen LogP contribution in [0.25, 0.3) is 22.1 Å². The number of nitrogens with zero attached hydrogens (tertiary/aromatic N) is 6. The smallest absolute Gasteiger partial charge is 0.223 e.